The van der Waals surface area contributed by atoms with Crippen molar-refractivity contribution in [2.45, 2.75) is 20.8 Å². The Morgan fingerprint density at radius 1 is 1.43 bits per heavy atom. The second-order valence-corrected chi connectivity index (χ2v) is 3.94. The molecule has 1 nitrogen and oxygen atoms in total. The van der Waals surface area contributed by atoms with Gasteiger partial charge in [0, 0.05) is 11.6 Å². The van der Waals surface area contributed by atoms with E-state index in [1.807, 2.05) is 19.2 Å². The Kier molecular flexibility index (Phi) is 3.23. The molecule has 0 saturated heterocycles. The monoisotopic (exact) mass is 187 g/mol. The van der Waals surface area contributed by atoms with E-state index in [1.54, 1.807) is 6.08 Å². The Labute approximate surface area is 86.2 Å². The Balaban J connectivity index is 3.16. The average Bonchev–Trinajstić information content (AvgIpc) is 2.27. The van der Waals surface area contributed by atoms with E-state index in [-0.39, 0.29) is 5.41 Å². The summed E-state index contributed by atoms with van der Waals surface area (Å²) >= 11 is 0. The maximum atomic E-state index is 4.45. The summed E-state index contributed by atoms with van der Waals surface area (Å²) in [4.78, 5) is 4.45. The normalized spacial score (nSPS) is 25.4. The highest BCUT2D eigenvalue weighted by atomic mass is 14.7. The molecule has 1 heterocycles. The summed E-state index contributed by atoms with van der Waals surface area (Å²) in [7, 11) is 0. The van der Waals surface area contributed by atoms with E-state index >= 15 is 0 Å². The highest BCUT2D eigenvalue weighted by molar-refractivity contribution is 5.72. The van der Waals surface area contributed by atoms with Crippen molar-refractivity contribution in [3.63, 3.8) is 0 Å². The van der Waals surface area contributed by atoms with Crippen molar-refractivity contribution in [1.82, 2.24) is 0 Å². The van der Waals surface area contributed by atoms with Gasteiger partial charge in [-0.25, -0.2) is 0 Å². The number of nitrogens with zero attached hydrogens (tertiary/aromatic N) is 1. The van der Waals surface area contributed by atoms with Crippen LogP contribution in [0.3, 0.4) is 0 Å². The molecule has 0 spiro atoms. The Hall–Kier alpha value is -1.37. The standard InChI is InChI=1S/C13H17N/c1-5-7-12-11(6-2)8-9-13(3,4)10-14-12/h5-10H,1H2,2-4H3/b11-6-,12-7+. The van der Waals surface area contributed by atoms with Crippen LogP contribution in [0.2, 0.25) is 0 Å². The van der Waals surface area contributed by atoms with E-state index in [9.17, 15) is 0 Å². The molecule has 74 valence electrons. The molecular weight excluding hydrogens is 170 g/mol. The molecule has 0 aromatic heterocycles. The number of allylic oxidation sites excluding steroid dienone is 5. The van der Waals surface area contributed by atoms with E-state index in [0.717, 1.165) is 11.3 Å². The van der Waals surface area contributed by atoms with Gasteiger partial charge in [0.25, 0.3) is 0 Å². The summed E-state index contributed by atoms with van der Waals surface area (Å²) in [6.45, 7) is 9.98. The molecule has 0 radical (unpaired) electrons. The summed E-state index contributed by atoms with van der Waals surface area (Å²) in [6, 6.07) is 0. The lowest BCUT2D eigenvalue weighted by Gasteiger charge is -2.10. The van der Waals surface area contributed by atoms with Crippen LogP contribution in [0.4, 0.5) is 0 Å². The third-order valence-corrected chi connectivity index (χ3v) is 2.11. The van der Waals surface area contributed by atoms with Crippen LogP contribution in [-0.2, 0) is 0 Å². The molecule has 1 rings (SSSR count). The number of hydrogen-bond donors (Lipinski definition) is 0. The minimum absolute atomic E-state index is 0.0328. The van der Waals surface area contributed by atoms with Crippen LogP contribution in [0.1, 0.15) is 20.8 Å². The van der Waals surface area contributed by atoms with Crippen molar-refractivity contribution in [2.75, 3.05) is 0 Å². The van der Waals surface area contributed by atoms with Crippen LogP contribution in [0.15, 0.2) is 53.2 Å². The molecule has 0 aromatic rings. The first kappa shape index (κ1) is 10.7. The fourth-order valence-electron chi connectivity index (χ4n) is 1.24. The molecule has 0 aromatic carbocycles. The molecule has 1 aliphatic heterocycles. The highest BCUT2D eigenvalue weighted by Crippen LogP contribution is 2.24. The van der Waals surface area contributed by atoms with Gasteiger partial charge in [-0.15, -0.1) is 0 Å². The van der Waals surface area contributed by atoms with Gasteiger partial charge in [0.15, 0.2) is 0 Å². The maximum Gasteiger partial charge on any atom is 0.0694 e. The Morgan fingerprint density at radius 2 is 2.14 bits per heavy atom. The summed E-state index contributed by atoms with van der Waals surface area (Å²) < 4.78 is 0. The maximum absolute atomic E-state index is 4.45. The van der Waals surface area contributed by atoms with E-state index in [1.165, 1.54) is 0 Å². The third kappa shape index (κ3) is 2.56. The second-order valence-electron chi connectivity index (χ2n) is 3.94. The van der Waals surface area contributed by atoms with Crippen LogP contribution >= 0.6 is 0 Å². The minimum atomic E-state index is 0.0328. The quantitative estimate of drug-likeness (QED) is 0.594. The third-order valence-electron chi connectivity index (χ3n) is 2.11. The molecule has 0 aliphatic carbocycles. The van der Waals surface area contributed by atoms with E-state index in [0.29, 0.717) is 0 Å². The lowest BCUT2D eigenvalue weighted by molar-refractivity contribution is 0.695. The fourth-order valence-corrected chi connectivity index (χ4v) is 1.24. The fraction of sp³-hybridized carbons (Fsp3) is 0.308. The topological polar surface area (TPSA) is 12.4 Å². The Morgan fingerprint density at radius 3 is 2.71 bits per heavy atom. The van der Waals surface area contributed by atoms with Gasteiger partial charge in [-0.1, -0.05) is 44.7 Å². The smallest absolute Gasteiger partial charge is 0.0694 e. The van der Waals surface area contributed by atoms with E-state index in [2.05, 4.69) is 43.6 Å². The van der Waals surface area contributed by atoms with Gasteiger partial charge < -0.3 is 0 Å². The SMILES string of the molecule is C=C/C=C1/N=CC(C)(C)C=C/C1=C/C. The van der Waals surface area contributed by atoms with Crippen LogP contribution in [0.5, 0.6) is 0 Å². The first-order valence-electron chi connectivity index (χ1n) is 4.83. The van der Waals surface area contributed by atoms with Gasteiger partial charge in [-0.05, 0) is 18.6 Å². The number of rotatable bonds is 1. The molecule has 14 heavy (non-hydrogen) atoms. The zero-order valence-electron chi connectivity index (χ0n) is 9.12. The largest absolute Gasteiger partial charge is 0.260 e. The summed E-state index contributed by atoms with van der Waals surface area (Å²) in [5.74, 6) is 0. The van der Waals surface area contributed by atoms with Crippen LogP contribution in [0.25, 0.3) is 0 Å². The summed E-state index contributed by atoms with van der Waals surface area (Å²) in [6.07, 6.45) is 12.0. The zero-order chi connectivity index (χ0) is 10.6. The molecule has 0 atom stereocenters. The van der Waals surface area contributed by atoms with Gasteiger partial charge in [0.2, 0.25) is 0 Å². The van der Waals surface area contributed by atoms with Gasteiger partial charge in [0.1, 0.15) is 0 Å². The molecule has 0 saturated carbocycles. The van der Waals surface area contributed by atoms with E-state index < -0.39 is 0 Å². The number of hydrogen-bond acceptors (Lipinski definition) is 1. The summed E-state index contributed by atoms with van der Waals surface area (Å²) in [5.41, 5.74) is 2.15. The predicted octanol–water partition coefficient (Wildman–Crippen LogP) is 3.67. The lowest BCUT2D eigenvalue weighted by atomic mass is 9.95. The first-order valence-corrected chi connectivity index (χ1v) is 4.83. The number of aliphatic imine (C=N–C) groups is 1. The first-order chi connectivity index (χ1) is 6.59. The lowest BCUT2D eigenvalue weighted by Crippen LogP contribution is -2.07. The van der Waals surface area contributed by atoms with Gasteiger partial charge in [0.05, 0.1) is 5.70 Å². The van der Waals surface area contributed by atoms with Crippen molar-refractivity contribution in [1.29, 1.82) is 0 Å². The van der Waals surface area contributed by atoms with Gasteiger partial charge in [-0.3, -0.25) is 4.99 Å². The predicted molar refractivity (Wildman–Crippen MR) is 63.5 cm³/mol. The zero-order valence-corrected chi connectivity index (χ0v) is 9.12. The van der Waals surface area contributed by atoms with E-state index in [4.69, 9.17) is 0 Å². The molecule has 0 amide bonds. The van der Waals surface area contributed by atoms with Crippen LogP contribution in [-0.4, -0.2) is 6.21 Å². The Bertz CT molecular complexity index is 338. The molecular formula is C13H17N. The van der Waals surface area contributed by atoms with Gasteiger partial charge >= 0.3 is 0 Å². The van der Waals surface area contributed by atoms with Crippen LogP contribution in [0, 0.1) is 5.41 Å². The molecule has 1 aliphatic rings. The van der Waals surface area contributed by atoms with Crippen molar-refractivity contribution < 1.29 is 0 Å². The van der Waals surface area contributed by atoms with Crippen molar-refractivity contribution in [2.24, 2.45) is 10.4 Å². The summed E-state index contributed by atoms with van der Waals surface area (Å²) in [5, 5.41) is 0. The molecule has 0 unspecified atom stereocenters. The van der Waals surface area contributed by atoms with Crippen LogP contribution < -0.4 is 0 Å². The van der Waals surface area contributed by atoms with Crippen molar-refractivity contribution in [3.8, 4) is 0 Å². The van der Waals surface area contributed by atoms with Crippen molar-refractivity contribution >= 4 is 6.21 Å². The van der Waals surface area contributed by atoms with Crippen molar-refractivity contribution in [3.05, 3.63) is 48.2 Å². The molecule has 0 bridgehead atoms. The van der Waals surface area contributed by atoms with Gasteiger partial charge in [-0.2, -0.15) is 0 Å². The molecule has 0 N–H and O–H groups in total. The highest BCUT2D eigenvalue weighted by Gasteiger charge is 2.14. The average molecular weight is 187 g/mol. The molecule has 0 fully saturated rings. The second kappa shape index (κ2) is 4.23. The molecule has 1 heteroatoms. The minimum Gasteiger partial charge on any atom is -0.260 e.